The molecule has 338 valence electrons. The van der Waals surface area contributed by atoms with E-state index in [1.165, 1.54) is 97.3 Å². The topological polar surface area (TPSA) is 0 Å². The molecule has 68 heavy (non-hydrogen) atoms. The average molecular weight is 915 g/mol. The summed E-state index contributed by atoms with van der Waals surface area (Å²) in [5.41, 5.74) is 16.4. The van der Waals surface area contributed by atoms with Crippen LogP contribution in [0.4, 0.5) is 0 Å². The lowest BCUT2D eigenvalue weighted by Gasteiger charge is -2.38. The third-order valence-electron chi connectivity index (χ3n) is 16.5. The normalized spacial score (nSPS) is 12.7. The predicted octanol–water partition coefficient (Wildman–Crippen LogP) is 19.7. The number of rotatable bonds is 7. The van der Waals surface area contributed by atoms with Gasteiger partial charge < -0.3 is 0 Å². The Morgan fingerprint density at radius 2 is 0.441 bits per heavy atom. The van der Waals surface area contributed by atoms with E-state index in [-0.39, 0.29) is 0 Å². The van der Waals surface area contributed by atoms with Crippen molar-refractivity contribution >= 4 is 102 Å². The van der Waals surface area contributed by atoms with E-state index in [9.17, 15) is 0 Å². The molecule has 10 aromatic carbocycles. The summed E-state index contributed by atoms with van der Waals surface area (Å²) in [5.74, 6) is 8.22. The van der Waals surface area contributed by atoms with Gasteiger partial charge >= 0.3 is 0 Å². The Morgan fingerprint density at radius 3 is 0.618 bits per heavy atom. The molecule has 10 rings (SSSR count). The van der Waals surface area contributed by atoms with Crippen LogP contribution < -0.4 is 0 Å². The summed E-state index contributed by atoms with van der Waals surface area (Å²) >= 11 is 0. The van der Waals surface area contributed by atoms with Crippen molar-refractivity contribution in [2.75, 3.05) is 0 Å². The van der Waals surface area contributed by atoms with Crippen LogP contribution in [-0.2, 0) is 0 Å². The van der Waals surface area contributed by atoms with Gasteiger partial charge in [-0.1, -0.05) is 192 Å². The molecular weight excluding hydrogens is 849 g/mol. The minimum Gasteiger partial charge on any atom is -0.125 e. The van der Waals surface area contributed by atoms with Gasteiger partial charge in [0.05, 0.1) is 0 Å². The van der Waals surface area contributed by atoms with Crippen molar-refractivity contribution in [3.05, 3.63) is 157 Å². The van der Waals surface area contributed by atoms with Gasteiger partial charge in [0, 0.05) is 11.1 Å². The van der Waals surface area contributed by atoms with Crippen LogP contribution in [0, 0.1) is 22.9 Å². The molecule has 0 aliphatic rings. The molecule has 0 atom stereocenters. The van der Waals surface area contributed by atoms with Crippen LogP contribution in [0.2, 0.25) is 33.2 Å². The molecule has 0 bridgehead atoms. The number of fused-ring (bicyclic) bond motifs is 8. The molecule has 0 nitrogen and oxygen atoms in total. The van der Waals surface area contributed by atoms with Gasteiger partial charge in [0.15, 0.2) is 0 Å². The average Bonchev–Trinajstić information content (AvgIpc) is 3.31. The summed E-state index contributed by atoms with van der Waals surface area (Å²) in [6.45, 7) is 29.1. The zero-order valence-electron chi connectivity index (χ0n) is 42.3. The molecule has 0 aromatic heterocycles. The highest BCUT2D eigenvalue weighted by Crippen LogP contribution is 2.50. The van der Waals surface area contributed by atoms with E-state index in [4.69, 9.17) is 0 Å². The number of hydrogen-bond donors (Lipinski definition) is 0. The van der Waals surface area contributed by atoms with E-state index in [0.717, 1.165) is 11.1 Å². The molecule has 0 aliphatic heterocycles. The van der Waals surface area contributed by atoms with E-state index < -0.39 is 16.1 Å². The summed E-state index contributed by atoms with van der Waals surface area (Å²) in [5, 5.41) is 19.8. The van der Waals surface area contributed by atoms with Gasteiger partial charge in [-0.25, -0.2) is 0 Å². The maximum atomic E-state index is 4.22. The quantitative estimate of drug-likeness (QED) is 0.0849. The first kappa shape index (κ1) is 45.6. The molecular formula is C66H66Si2. The molecule has 0 spiro atoms. The van der Waals surface area contributed by atoms with Crippen LogP contribution in [0.15, 0.2) is 146 Å². The largest absolute Gasteiger partial charge is 0.146 e. The second-order valence-corrected chi connectivity index (χ2v) is 32.9. The van der Waals surface area contributed by atoms with Crippen molar-refractivity contribution in [2.45, 2.75) is 116 Å². The van der Waals surface area contributed by atoms with Crippen LogP contribution in [0.3, 0.4) is 0 Å². The zero-order chi connectivity index (χ0) is 47.8. The monoisotopic (exact) mass is 914 g/mol. The summed E-state index contributed by atoms with van der Waals surface area (Å²) in [4.78, 5) is 0. The van der Waals surface area contributed by atoms with Gasteiger partial charge in [-0.15, -0.1) is 11.1 Å². The highest BCUT2D eigenvalue weighted by Gasteiger charge is 2.43. The van der Waals surface area contributed by atoms with Crippen molar-refractivity contribution in [3.8, 4) is 34.1 Å². The molecule has 0 fully saturated rings. The summed E-state index contributed by atoms with van der Waals surface area (Å²) < 4.78 is 0. The molecule has 0 amide bonds. The highest BCUT2D eigenvalue weighted by atomic mass is 28.3. The van der Waals surface area contributed by atoms with Crippen LogP contribution in [0.5, 0.6) is 0 Å². The molecule has 0 radical (unpaired) electrons. The van der Waals surface area contributed by atoms with Gasteiger partial charge in [-0.3, -0.25) is 0 Å². The Labute approximate surface area is 407 Å². The Bertz CT molecular complexity index is 3290. The molecule has 0 saturated carbocycles. The second-order valence-electron chi connectivity index (χ2n) is 21.8. The van der Waals surface area contributed by atoms with Gasteiger partial charge in [0.25, 0.3) is 0 Å². The zero-order valence-corrected chi connectivity index (χ0v) is 44.3. The van der Waals surface area contributed by atoms with Crippen molar-refractivity contribution in [1.29, 1.82) is 0 Å². The Kier molecular flexibility index (Phi) is 11.7. The van der Waals surface area contributed by atoms with Crippen LogP contribution in [0.1, 0.15) is 94.2 Å². The smallest absolute Gasteiger partial charge is 0.125 e. The van der Waals surface area contributed by atoms with Crippen molar-refractivity contribution in [2.24, 2.45) is 0 Å². The predicted molar refractivity (Wildman–Crippen MR) is 308 cm³/mol. The molecule has 2 heteroatoms. The van der Waals surface area contributed by atoms with E-state index in [1.54, 1.807) is 0 Å². The first-order chi connectivity index (χ1) is 32.6. The highest BCUT2D eigenvalue weighted by molar-refractivity contribution is 6.91. The van der Waals surface area contributed by atoms with Crippen LogP contribution in [0.25, 0.3) is 97.3 Å². The van der Waals surface area contributed by atoms with Crippen LogP contribution >= 0.6 is 0 Å². The van der Waals surface area contributed by atoms with E-state index >= 15 is 0 Å². The SMILES string of the molecule is CC(C)[Si](C#Cc1c2cc3ccccc3cc2c(-c2c3cc4ccccc4cc3c(C#C[Si](C(C)C)(C(C)C)C(C)C)c3cc4ccccc4cc23)c2cc3ccccc3cc12)(C(C)C)C(C)C. The molecule has 0 N–H and O–H groups in total. The Balaban J connectivity index is 1.48. The Morgan fingerprint density at radius 1 is 0.265 bits per heavy atom. The van der Waals surface area contributed by atoms with Gasteiger partial charge in [0.2, 0.25) is 0 Å². The number of hydrogen-bond acceptors (Lipinski definition) is 0. The minimum absolute atomic E-state index is 0.520. The lowest BCUT2D eigenvalue weighted by Crippen LogP contribution is -2.43. The molecule has 0 unspecified atom stereocenters. The van der Waals surface area contributed by atoms with Crippen molar-refractivity contribution in [1.82, 2.24) is 0 Å². The maximum absolute atomic E-state index is 4.22. The summed E-state index contributed by atoms with van der Waals surface area (Å²) in [6.07, 6.45) is 0. The van der Waals surface area contributed by atoms with Gasteiger partial charge in [-0.2, -0.15) is 0 Å². The second kappa shape index (κ2) is 17.4. The minimum atomic E-state index is -2.12. The fourth-order valence-electron chi connectivity index (χ4n) is 13.2. The lowest BCUT2D eigenvalue weighted by molar-refractivity contribution is 0.838. The molecule has 0 saturated heterocycles. The van der Waals surface area contributed by atoms with Gasteiger partial charge in [0.1, 0.15) is 16.1 Å². The Hall–Kier alpha value is -6.17. The van der Waals surface area contributed by atoms with Gasteiger partial charge in [-0.05, 0) is 179 Å². The fraction of sp³-hybridized carbons (Fsp3) is 0.273. The first-order valence-electron chi connectivity index (χ1n) is 25.3. The number of benzene rings is 10. The van der Waals surface area contributed by atoms with E-state index in [0.29, 0.717) is 33.2 Å². The van der Waals surface area contributed by atoms with Crippen molar-refractivity contribution < 1.29 is 0 Å². The fourth-order valence-corrected chi connectivity index (χ4v) is 23.6. The molecule has 0 aliphatic carbocycles. The lowest BCUT2D eigenvalue weighted by atomic mass is 9.81. The van der Waals surface area contributed by atoms with E-state index in [2.05, 4.69) is 252 Å². The van der Waals surface area contributed by atoms with E-state index in [1.807, 2.05) is 0 Å². The summed E-state index contributed by atoms with van der Waals surface area (Å²) in [6, 6.07) is 55.4. The standard InChI is InChI=1S/C66H66Si2/c1-41(2)67(42(3)4,43(5)6)31-29-55-57-33-47-21-13-17-25-51(47)37-61(57)65(62-38-52-26-18-14-22-48(52)34-58(55)62)66-63-39-53-27-19-15-23-49(53)35-59(63)56(30-32-68(44(7)8,45(9)10)46(11)12)60-36-50-24-16-20-28-54(50)40-64(60)66/h13-28,33-46H,1-12H3. The third kappa shape index (κ3) is 7.18. The molecule has 10 aromatic rings. The summed E-state index contributed by atoms with van der Waals surface area (Å²) in [7, 11) is -4.23. The van der Waals surface area contributed by atoms with Crippen LogP contribution in [-0.4, -0.2) is 16.1 Å². The third-order valence-corrected chi connectivity index (χ3v) is 29.1. The van der Waals surface area contributed by atoms with Crippen molar-refractivity contribution in [3.63, 3.8) is 0 Å². The maximum Gasteiger partial charge on any atom is 0.146 e. The molecule has 0 heterocycles. The first-order valence-corrected chi connectivity index (χ1v) is 29.8.